The Bertz CT molecular complexity index is 726. The first-order chi connectivity index (χ1) is 11.1. The fraction of sp³-hybridized carbons (Fsp3) is 0.312. The molecule has 1 saturated carbocycles. The van der Waals surface area contributed by atoms with E-state index in [0.717, 1.165) is 17.1 Å². The summed E-state index contributed by atoms with van der Waals surface area (Å²) in [6, 6.07) is 5.46. The summed E-state index contributed by atoms with van der Waals surface area (Å²) in [6.45, 7) is 0.0426. The minimum absolute atomic E-state index is 0.0426. The fourth-order valence-electron chi connectivity index (χ4n) is 2.10. The molecule has 0 aromatic carbocycles. The Kier molecular flexibility index (Phi) is 4.27. The Morgan fingerprint density at radius 3 is 2.70 bits per heavy atom. The third-order valence-corrected chi connectivity index (χ3v) is 3.43. The third-order valence-electron chi connectivity index (χ3n) is 3.43. The summed E-state index contributed by atoms with van der Waals surface area (Å²) >= 11 is 0. The van der Waals surface area contributed by atoms with Crippen LogP contribution in [0.4, 0.5) is 0 Å². The lowest BCUT2D eigenvalue weighted by Gasteiger charge is -2.06. The van der Waals surface area contributed by atoms with Gasteiger partial charge in [-0.15, -0.1) is 0 Å². The number of hydrogen-bond acceptors (Lipinski definition) is 6. The van der Waals surface area contributed by atoms with Crippen molar-refractivity contribution >= 4 is 11.8 Å². The number of amidine groups is 1. The average Bonchev–Trinajstić information content (AvgIpc) is 3.38. The lowest BCUT2D eigenvalue weighted by molar-refractivity contribution is -0.143. The molecule has 0 aliphatic heterocycles. The second kappa shape index (κ2) is 6.51. The van der Waals surface area contributed by atoms with Crippen molar-refractivity contribution < 1.29 is 9.53 Å². The quantitative estimate of drug-likeness (QED) is 0.477. The Morgan fingerprint density at radius 2 is 2.04 bits per heavy atom. The minimum Gasteiger partial charge on any atom is -0.459 e. The van der Waals surface area contributed by atoms with Crippen LogP contribution < -0.4 is 5.73 Å². The number of nitrogens with two attached hydrogens (primary N) is 1. The second-order valence-electron chi connectivity index (χ2n) is 5.48. The molecule has 0 unspecified atom stereocenters. The van der Waals surface area contributed by atoms with E-state index in [1.165, 1.54) is 12.8 Å². The highest BCUT2D eigenvalue weighted by molar-refractivity contribution is 5.94. The van der Waals surface area contributed by atoms with Crippen molar-refractivity contribution in [2.45, 2.75) is 31.8 Å². The van der Waals surface area contributed by atoms with Gasteiger partial charge in [-0.3, -0.25) is 10.2 Å². The summed E-state index contributed by atoms with van der Waals surface area (Å²) in [5.74, 6) is 0.651. The lowest BCUT2D eigenvalue weighted by atomic mass is 10.2. The molecule has 0 atom stereocenters. The van der Waals surface area contributed by atoms with Gasteiger partial charge in [0, 0.05) is 23.9 Å². The van der Waals surface area contributed by atoms with Crippen molar-refractivity contribution in [3.05, 3.63) is 42.1 Å². The molecule has 23 heavy (non-hydrogen) atoms. The van der Waals surface area contributed by atoms with Crippen LogP contribution >= 0.6 is 0 Å². The third kappa shape index (κ3) is 4.09. The van der Waals surface area contributed by atoms with Crippen LogP contribution in [0.5, 0.6) is 0 Å². The van der Waals surface area contributed by atoms with Crippen LogP contribution in [0.15, 0.2) is 30.6 Å². The van der Waals surface area contributed by atoms with E-state index in [2.05, 4.69) is 15.0 Å². The summed E-state index contributed by atoms with van der Waals surface area (Å²) in [4.78, 5) is 24.6. The van der Waals surface area contributed by atoms with E-state index in [9.17, 15) is 4.79 Å². The van der Waals surface area contributed by atoms with E-state index in [-0.39, 0.29) is 18.9 Å². The molecule has 0 amide bonds. The van der Waals surface area contributed by atoms with Crippen molar-refractivity contribution in [2.75, 3.05) is 0 Å². The lowest BCUT2D eigenvalue weighted by Crippen LogP contribution is -2.17. The number of esters is 1. The van der Waals surface area contributed by atoms with Crippen LogP contribution in [0.25, 0.3) is 11.3 Å². The zero-order chi connectivity index (χ0) is 16.2. The van der Waals surface area contributed by atoms with Gasteiger partial charge in [0.2, 0.25) is 0 Å². The molecule has 0 saturated heterocycles. The maximum atomic E-state index is 11.4. The van der Waals surface area contributed by atoms with E-state index in [4.69, 9.17) is 15.9 Å². The highest BCUT2D eigenvalue weighted by Crippen LogP contribution is 2.37. The predicted molar refractivity (Wildman–Crippen MR) is 83.6 cm³/mol. The number of rotatable bonds is 6. The number of nitrogens with zero attached hydrogens (tertiary/aromatic N) is 3. The van der Waals surface area contributed by atoms with Crippen molar-refractivity contribution in [3.8, 4) is 11.3 Å². The van der Waals surface area contributed by atoms with Crippen molar-refractivity contribution in [3.63, 3.8) is 0 Å². The maximum absolute atomic E-state index is 11.4. The summed E-state index contributed by atoms with van der Waals surface area (Å²) < 4.78 is 5.04. The van der Waals surface area contributed by atoms with Gasteiger partial charge in [-0.25, -0.2) is 15.0 Å². The van der Waals surface area contributed by atoms with Crippen LogP contribution in [0, 0.1) is 5.41 Å². The van der Waals surface area contributed by atoms with Gasteiger partial charge in [0.1, 0.15) is 24.7 Å². The maximum Gasteiger partial charge on any atom is 0.313 e. The number of pyridine rings is 1. The van der Waals surface area contributed by atoms with Gasteiger partial charge in [-0.2, -0.15) is 0 Å². The largest absolute Gasteiger partial charge is 0.459 e. The molecule has 2 aromatic heterocycles. The van der Waals surface area contributed by atoms with Gasteiger partial charge in [-0.05, 0) is 25.0 Å². The van der Waals surface area contributed by atoms with Crippen LogP contribution in [-0.4, -0.2) is 26.8 Å². The van der Waals surface area contributed by atoms with E-state index in [1.54, 1.807) is 18.5 Å². The Balaban J connectivity index is 1.66. The molecule has 2 heterocycles. The molecule has 0 radical (unpaired) electrons. The Morgan fingerprint density at radius 1 is 1.30 bits per heavy atom. The number of hydrogen-bond donors (Lipinski definition) is 2. The zero-order valence-corrected chi connectivity index (χ0v) is 12.5. The fourth-order valence-corrected chi connectivity index (χ4v) is 2.10. The zero-order valence-electron chi connectivity index (χ0n) is 12.5. The monoisotopic (exact) mass is 311 g/mol. The first-order valence-electron chi connectivity index (χ1n) is 7.38. The normalized spacial score (nSPS) is 13.6. The van der Waals surface area contributed by atoms with Gasteiger partial charge in [0.15, 0.2) is 0 Å². The Labute approximate surface area is 133 Å². The topological polar surface area (TPSA) is 115 Å². The smallest absolute Gasteiger partial charge is 0.313 e. The molecule has 1 fully saturated rings. The van der Waals surface area contributed by atoms with Crippen molar-refractivity contribution in [1.82, 2.24) is 15.0 Å². The molecule has 1 aliphatic rings. The number of aromatic nitrogens is 3. The predicted octanol–water partition coefficient (Wildman–Crippen LogP) is 1.79. The van der Waals surface area contributed by atoms with E-state index in [1.807, 2.05) is 12.1 Å². The summed E-state index contributed by atoms with van der Waals surface area (Å²) in [5.41, 5.74) is 7.32. The molecule has 2 aromatic rings. The number of nitrogens with one attached hydrogen (secondary N) is 1. The van der Waals surface area contributed by atoms with E-state index >= 15 is 0 Å². The van der Waals surface area contributed by atoms with Gasteiger partial charge in [-0.1, -0.05) is 6.07 Å². The molecule has 3 N–H and O–H groups in total. The standard InChI is InChI=1S/C16H17N5O2/c17-14(18)6-15(22)23-9-12-2-1-3-13(21-12)11-7-19-16(20-8-11)10-4-5-10/h1-3,7-8,10H,4-6,9H2,(H3,17,18). The van der Waals surface area contributed by atoms with Gasteiger partial charge >= 0.3 is 5.97 Å². The summed E-state index contributed by atoms with van der Waals surface area (Å²) in [6.07, 6.45) is 5.66. The molecule has 1 aliphatic carbocycles. The molecule has 118 valence electrons. The van der Waals surface area contributed by atoms with E-state index < -0.39 is 5.97 Å². The SMILES string of the molecule is N=C(N)CC(=O)OCc1cccc(-c2cnc(C3CC3)nc2)n1. The molecule has 7 nitrogen and oxygen atoms in total. The van der Waals surface area contributed by atoms with Crippen LogP contribution in [0.3, 0.4) is 0 Å². The minimum atomic E-state index is -0.540. The van der Waals surface area contributed by atoms with Crippen molar-refractivity contribution in [2.24, 2.45) is 5.73 Å². The summed E-state index contributed by atoms with van der Waals surface area (Å²) in [7, 11) is 0. The molecule has 7 heteroatoms. The van der Waals surface area contributed by atoms with Crippen LogP contribution in [-0.2, 0) is 16.1 Å². The number of ether oxygens (including phenoxy) is 1. The molecule has 3 rings (SSSR count). The van der Waals surface area contributed by atoms with Crippen LogP contribution in [0.1, 0.15) is 36.7 Å². The van der Waals surface area contributed by atoms with Gasteiger partial charge in [0.25, 0.3) is 0 Å². The highest BCUT2D eigenvalue weighted by Gasteiger charge is 2.26. The first kappa shape index (κ1) is 15.1. The first-order valence-corrected chi connectivity index (χ1v) is 7.38. The van der Waals surface area contributed by atoms with Crippen LogP contribution in [0.2, 0.25) is 0 Å². The number of carbonyl (C=O) groups is 1. The van der Waals surface area contributed by atoms with Crippen molar-refractivity contribution in [1.29, 1.82) is 5.41 Å². The highest BCUT2D eigenvalue weighted by atomic mass is 16.5. The van der Waals surface area contributed by atoms with Gasteiger partial charge < -0.3 is 10.5 Å². The molecular formula is C16H17N5O2. The number of carbonyl (C=O) groups excluding carboxylic acids is 1. The molecule has 0 bridgehead atoms. The average molecular weight is 311 g/mol. The molecule has 0 spiro atoms. The van der Waals surface area contributed by atoms with Gasteiger partial charge in [0.05, 0.1) is 11.4 Å². The Hall–Kier alpha value is -2.83. The summed E-state index contributed by atoms with van der Waals surface area (Å²) in [5, 5.41) is 7.05. The second-order valence-corrected chi connectivity index (χ2v) is 5.48. The molecular weight excluding hydrogens is 294 g/mol. The van der Waals surface area contributed by atoms with E-state index in [0.29, 0.717) is 11.6 Å².